The average Bonchev–Trinajstić information content (AvgIpc) is 3.13. The Hall–Kier alpha value is -3.21. The van der Waals surface area contributed by atoms with Gasteiger partial charge in [-0.1, -0.05) is 36.4 Å². The highest BCUT2D eigenvalue weighted by molar-refractivity contribution is 6.05. The number of amides is 1. The SMILES string of the molecule is CCN(C(=O)c1cc(N2CCc3ccccc32)ncn1)c1ccccc1. The minimum absolute atomic E-state index is 0.116. The van der Waals surface area contributed by atoms with Gasteiger partial charge in [0.25, 0.3) is 5.91 Å². The number of nitrogens with zero attached hydrogens (tertiary/aromatic N) is 4. The summed E-state index contributed by atoms with van der Waals surface area (Å²) in [4.78, 5) is 25.5. The molecule has 3 aromatic rings. The van der Waals surface area contributed by atoms with E-state index < -0.39 is 0 Å². The molecular formula is C21H20N4O. The molecule has 1 aromatic heterocycles. The van der Waals surface area contributed by atoms with Crippen LogP contribution in [0.3, 0.4) is 0 Å². The predicted molar refractivity (Wildman–Crippen MR) is 103 cm³/mol. The summed E-state index contributed by atoms with van der Waals surface area (Å²) < 4.78 is 0. The summed E-state index contributed by atoms with van der Waals surface area (Å²) in [5.41, 5.74) is 3.73. The fourth-order valence-electron chi connectivity index (χ4n) is 3.38. The van der Waals surface area contributed by atoms with Crippen LogP contribution in [0.15, 0.2) is 67.0 Å². The molecule has 0 unspecified atom stereocenters. The van der Waals surface area contributed by atoms with Crippen molar-refractivity contribution in [2.24, 2.45) is 0 Å². The van der Waals surface area contributed by atoms with Gasteiger partial charge in [0.2, 0.25) is 0 Å². The molecule has 0 bridgehead atoms. The highest BCUT2D eigenvalue weighted by Crippen LogP contribution is 2.33. The monoisotopic (exact) mass is 344 g/mol. The standard InChI is InChI=1S/C21H20N4O/c1-2-24(17-9-4-3-5-10-17)21(26)18-14-20(23-15-22-18)25-13-12-16-8-6-7-11-19(16)25/h3-11,14-15H,2,12-13H2,1H3. The Morgan fingerprint density at radius 3 is 2.65 bits per heavy atom. The van der Waals surface area contributed by atoms with Crippen LogP contribution in [0.5, 0.6) is 0 Å². The second kappa shape index (κ2) is 6.96. The number of benzene rings is 2. The van der Waals surface area contributed by atoms with E-state index in [2.05, 4.69) is 33.1 Å². The van der Waals surface area contributed by atoms with Gasteiger partial charge in [0.05, 0.1) is 0 Å². The molecule has 2 heterocycles. The number of para-hydroxylation sites is 2. The summed E-state index contributed by atoms with van der Waals surface area (Å²) in [5, 5.41) is 0. The topological polar surface area (TPSA) is 49.3 Å². The van der Waals surface area contributed by atoms with E-state index in [1.807, 2.05) is 43.3 Å². The van der Waals surface area contributed by atoms with Gasteiger partial charge in [-0.25, -0.2) is 9.97 Å². The van der Waals surface area contributed by atoms with Crippen molar-refractivity contribution < 1.29 is 4.79 Å². The number of hydrogen-bond donors (Lipinski definition) is 0. The maximum Gasteiger partial charge on any atom is 0.277 e. The van der Waals surface area contributed by atoms with Crippen molar-refractivity contribution in [3.63, 3.8) is 0 Å². The van der Waals surface area contributed by atoms with Crippen LogP contribution in [-0.4, -0.2) is 29.0 Å². The summed E-state index contributed by atoms with van der Waals surface area (Å²) in [6.07, 6.45) is 2.46. The van der Waals surface area contributed by atoms with Gasteiger partial charge in [0.15, 0.2) is 0 Å². The molecule has 0 N–H and O–H groups in total. The Labute approximate surface area is 152 Å². The van der Waals surface area contributed by atoms with Crippen molar-refractivity contribution >= 4 is 23.1 Å². The first-order valence-corrected chi connectivity index (χ1v) is 8.82. The van der Waals surface area contributed by atoms with Crippen molar-refractivity contribution in [2.75, 3.05) is 22.9 Å². The third-order valence-corrected chi connectivity index (χ3v) is 4.66. The van der Waals surface area contributed by atoms with Crippen molar-refractivity contribution in [1.29, 1.82) is 0 Å². The first-order valence-electron chi connectivity index (χ1n) is 8.82. The third-order valence-electron chi connectivity index (χ3n) is 4.66. The summed E-state index contributed by atoms with van der Waals surface area (Å²) in [6.45, 7) is 3.40. The molecule has 4 rings (SSSR count). The zero-order valence-electron chi connectivity index (χ0n) is 14.7. The molecule has 0 saturated heterocycles. The second-order valence-electron chi connectivity index (χ2n) is 6.18. The van der Waals surface area contributed by atoms with Crippen molar-refractivity contribution in [3.8, 4) is 0 Å². The number of carbonyl (C=O) groups is 1. The smallest absolute Gasteiger partial charge is 0.277 e. The van der Waals surface area contributed by atoms with E-state index in [0.29, 0.717) is 12.2 Å². The van der Waals surface area contributed by atoms with Crippen LogP contribution in [0, 0.1) is 0 Å². The van der Waals surface area contributed by atoms with E-state index in [9.17, 15) is 4.79 Å². The van der Waals surface area contributed by atoms with Crippen LogP contribution in [0.4, 0.5) is 17.2 Å². The first kappa shape index (κ1) is 16.3. The van der Waals surface area contributed by atoms with E-state index in [4.69, 9.17) is 0 Å². The van der Waals surface area contributed by atoms with Crippen molar-refractivity contribution in [1.82, 2.24) is 9.97 Å². The molecule has 0 fully saturated rings. The van der Waals surface area contributed by atoms with Gasteiger partial charge in [0, 0.05) is 30.5 Å². The number of aromatic nitrogens is 2. The van der Waals surface area contributed by atoms with Crippen molar-refractivity contribution in [2.45, 2.75) is 13.3 Å². The lowest BCUT2D eigenvalue weighted by atomic mass is 10.2. The van der Waals surface area contributed by atoms with Gasteiger partial charge in [-0.15, -0.1) is 0 Å². The molecule has 26 heavy (non-hydrogen) atoms. The van der Waals surface area contributed by atoms with Crippen LogP contribution in [0.25, 0.3) is 0 Å². The highest BCUT2D eigenvalue weighted by atomic mass is 16.2. The summed E-state index contributed by atoms with van der Waals surface area (Å²) in [7, 11) is 0. The lowest BCUT2D eigenvalue weighted by Crippen LogP contribution is -2.31. The minimum Gasteiger partial charge on any atom is -0.326 e. The van der Waals surface area contributed by atoms with Crippen LogP contribution in [0.1, 0.15) is 23.0 Å². The zero-order chi connectivity index (χ0) is 17.9. The van der Waals surface area contributed by atoms with Crippen LogP contribution in [-0.2, 0) is 6.42 Å². The zero-order valence-corrected chi connectivity index (χ0v) is 14.7. The van der Waals surface area contributed by atoms with Gasteiger partial charge < -0.3 is 9.80 Å². The van der Waals surface area contributed by atoms with E-state index >= 15 is 0 Å². The molecule has 5 heteroatoms. The molecule has 2 aromatic carbocycles. The number of fused-ring (bicyclic) bond motifs is 1. The van der Waals surface area contributed by atoms with Gasteiger partial charge in [-0.2, -0.15) is 0 Å². The largest absolute Gasteiger partial charge is 0.326 e. The summed E-state index contributed by atoms with van der Waals surface area (Å²) >= 11 is 0. The van der Waals surface area contributed by atoms with E-state index in [0.717, 1.165) is 30.2 Å². The highest BCUT2D eigenvalue weighted by Gasteiger charge is 2.23. The quantitative estimate of drug-likeness (QED) is 0.721. The lowest BCUT2D eigenvalue weighted by Gasteiger charge is -2.22. The predicted octanol–water partition coefficient (Wildman–Crippen LogP) is 3.84. The van der Waals surface area contributed by atoms with E-state index in [-0.39, 0.29) is 5.91 Å². The normalized spacial score (nSPS) is 12.7. The number of rotatable bonds is 4. The second-order valence-corrected chi connectivity index (χ2v) is 6.18. The minimum atomic E-state index is -0.116. The molecular weight excluding hydrogens is 324 g/mol. The van der Waals surface area contributed by atoms with Crippen LogP contribution in [0.2, 0.25) is 0 Å². The van der Waals surface area contributed by atoms with E-state index in [1.54, 1.807) is 11.0 Å². The molecule has 5 nitrogen and oxygen atoms in total. The molecule has 0 aliphatic carbocycles. The average molecular weight is 344 g/mol. The van der Waals surface area contributed by atoms with Crippen LogP contribution >= 0.6 is 0 Å². The number of anilines is 3. The molecule has 1 amide bonds. The third kappa shape index (κ3) is 2.92. The molecule has 0 radical (unpaired) electrons. The van der Waals surface area contributed by atoms with Gasteiger partial charge in [0.1, 0.15) is 17.8 Å². The molecule has 1 aliphatic heterocycles. The fourth-order valence-corrected chi connectivity index (χ4v) is 3.38. The van der Waals surface area contributed by atoms with E-state index in [1.165, 1.54) is 11.9 Å². The Morgan fingerprint density at radius 2 is 1.85 bits per heavy atom. The Balaban J connectivity index is 1.65. The first-order chi connectivity index (χ1) is 12.8. The molecule has 0 spiro atoms. The van der Waals surface area contributed by atoms with Crippen molar-refractivity contribution in [3.05, 3.63) is 78.2 Å². The van der Waals surface area contributed by atoms with Gasteiger partial charge in [-0.3, -0.25) is 4.79 Å². The Morgan fingerprint density at radius 1 is 1.08 bits per heavy atom. The lowest BCUT2D eigenvalue weighted by molar-refractivity contribution is 0.0983. The summed E-state index contributed by atoms with van der Waals surface area (Å²) in [5.74, 6) is 0.646. The number of carbonyl (C=O) groups excluding carboxylic acids is 1. The molecule has 0 saturated carbocycles. The molecule has 130 valence electrons. The maximum absolute atomic E-state index is 13.0. The maximum atomic E-state index is 13.0. The number of hydrogen-bond acceptors (Lipinski definition) is 4. The Kier molecular flexibility index (Phi) is 4.35. The molecule has 0 atom stereocenters. The van der Waals surface area contributed by atoms with Crippen LogP contribution < -0.4 is 9.80 Å². The molecule has 1 aliphatic rings. The fraction of sp³-hybridized carbons (Fsp3) is 0.190. The van der Waals surface area contributed by atoms with Gasteiger partial charge in [-0.05, 0) is 37.1 Å². The summed E-state index contributed by atoms with van der Waals surface area (Å²) in [6, 6.07) is 19.8. The van der Waals surface area contributed by atoms with Gasteiger partial charge >= 0.3 is 0 Å². The Bertz CT molecular complexity index is 926.